The van der Waals surface area contributed by atoms with E-state index in [-0.39, 0.29) is 13.5 Å². The van der Waals surface area contributed by atoms with E-state index >= 15 is 0 Å². The van der Waals surface area contributed by atoms with Gasteiger partial charge in [-0.1, -0.05) is 60.3 Å². The monoisotopic (exact) mass is 607 g/mol. The van der Waals surface area contributed by atoms with Gasteiger partial charge in [-0.15, -0.1) is 50.9 Å². The normalized spacial score (nSPS) is 15.5. The molecule has 6 heteroatoms. The van der Waals surface area contributed by atoms with Crippen molar-refractivity contribution in [3.63, 3.8) is 0 Å². The Morgan fingerprint density at radius 1 is 0.933 bits per heavy atom. The van der Waals surface area contributed by atoms with Gasteiger partial charge in [-0.05, 0) is 20.8 Å². The number of thiol groups is 1. The maximum atomic E-state index is 4.93. The SMILES string of the molecule is BrC1=CC2C(=Cc3ccc[c-]c32)S1.[Cl][Zr][Cl].[SH-].c1ccc2c(c1)[cH-]c1ccccc12. The van der Waals surface area contributed by atoms with Crippen molar-refractivity contribution >= 4 is 85.8 Å². The molecule has 0 nitrogen and oxygen atoms in total. The number of hydrogen-bond acceptors (Lipinski definition) is 2. The van der Waals surface area contributed by atoms with Gasteiger partial charge in [0.1, 0.15) is 0 Å². The smallest absolute Gasteiger partial charge is 0.0771 e. The molecule has 6 rings (SSSR count). The molecule has 152 valence electrons. The van der Waals surface area contributed by atoms with Crippen LogP contribution in [-0.2, 0) is 34.3 Å². The fourth-order valence-electron chi connectivity index (χ4n) is 3.68. The maximum Gasteiger partial charge on any atom is -0.0771 e. The molecular weight excluding hydrogens is 594 g/mol. The Kier molecular flexibility index (Phi) is 9.31. The first-order chi connectivity index (χ1) is 14.2. The van der Waals surface area contributed by atoms with Crippen molar-refractivity contribution in [2.75, 3.05) is 0 Å². The Hall–Kier alpha value is -0.347. The molecule has 0 radical (unpaired) electrons. The van der Waals surface area contributed by atoms with Gasteiger partial charge in [0.05, 0.1) is 3.81 Å². The molecule has 0 bridgehead atoms. The predicted molar refractivity (Wildman–Crippen MR) is 138 cm³/mol. The number of benzene rings is 3. The molecule has 1 atom stereocenters. The topological polar surface area (TPSA) is 0 Å². The molecule has 2 aliphatic rings. The number of thioether (sulfide) groups is 1. The number of allylic oxidation sites excluding steroid dienone is 2. The molecule has 0 fully saturated rings. The van der Waals surface area contributed by atoms with Gasteiger partial charge in [-0.3, -0.25) is 0 Å². The molecule has 4 aromatic rings. The van der Waals surface area contributed by atoms with E-state index < -0.39 is 20.8 Å². The van der Waals surface area contributed by atoms with Crippen LogP contribution in [0.2, 0.25) is 0 Å². The molecule has 30 heavy (non-hydrogen) atoms. The Balaban J connectivity index is 0.000000147. The van der Waals surface area contributed by atoms with Crippen LogP contribution in [0.3, 0.4) is 0 Å². The second-order valence-corrected chi connectivity index (χ2v) is 12.8. The minimum atomic E-state index is -0.826. The summed E-state index contributed by atoms with van der Waals surface area (Å²) < 4.78 is 1.23. The van der Waals surface area contributed by atoms with Crippen LogP contribution in [0.15, 0.2) is 87.6 Å². The second kappa shape index (κ2) is 11.5. The van der Waals surface area contributed by atoms with Crippen LogP contribution in [0.1, 0.15) is 17.0 Å². The first-order valence-corrected chi connectivity index (χ1v) is 16.9. The van der Waals surface area contributed by atoms with E-state index in [1.807, 2.05) is 23.9 Å². The second-order valence-electron chi connectivity index (χ2n) is 6.53. The van der Waals surface area contributed by atoms with Crippen molar-refractivity contribution in [2.24, 2.45) is 0 Å². The fraction of sp³-hybridized carbons (Fsp3) is 0.0417. The third-order valence-electron chi connectivity index (χ3n) is 4.87. The molecule has 0 amide bonds. The number of fused-ring (bicyclic) bond motifs is 6. The summed E-state index contributed by atoms with van der Waals surface area (Å²) in [4.78, 5) is 1.42. The van der Waals surface area contributed by atoms with E-state index in [0.717, 1.165) is 0 Å². The van der Waals surface area contributed by atoms with Crippen molar-refractivity contribution in [3.05, 3.63) is 105 Å². The van der Waals surface area contributed by atoms with E-state index in [4.69, 9.17) is 17.0 Å². The molecule has 0 saturated heterocycles. The minimum absolute atomic E-state index is 0. The van der Waals surface area contributed by atoms with Gasteiger partial charge >= 0.3 is 37.9 Å². The largest absolute Gasteiger partial charge is 0.813 e. The van der Waals surface area contributed by atoms with E-state index in [1.54, 1.807) is 0 Å². The summed E-state index contributed by atoms with van der Waals surface area (Å²) in [6.45, 7) is 0. The van der Waals surface area contributed by atoms with Crippen molar-refractivity contribution in [2.45, 2.75) is 5.92 Å². The van der Waals surface area contributed by atoms with Crippen molar-refractivity contribution in [1.29, 1.82) is 0 Å². The first-order valence-electron chi connectivity index (χ1n) is 8.98. The zero-order valence-electron chi connectivity index (χ0n) is 15.6. The Morgan fingerprint density at radius 2 is 1.53 bits per heavy atom. The zero-order valence-corrected chi connectivity index (χ0v) is 22.9. The van der Waals surface area contributed by atoms with Crippen LogP contribution in [0.25, 0.3) is 27.6 Å². The Bertz CT molecular complexity index is 1170. The Labute approximate surface area is 215 Å². The molecule has 1 aliphatic carbocycles. The van der Waals surface area contributed by atoms with Crippen LogP contribution in [-0.4, -0.2) is 0 Å². The standard InChI is InChI=1S/C13H9.C11H6BrS.2ClH.H2S.Zr/c1-3-7-12-10(5-1)9-11-6-2-4-8-13(11)12;12-11-6-9-8-4-2-1-3-7(8)5-10(9)13-11;;;;/h1-9H;1-3,5-6,9H;2*1H;1H2;/q2*-1;;;;+2/p-3. The third-order valence-corrected chi connectivity index (χ3v) is 6.56. The van der Waals surface area contributed by atoms with Crippen molar-refractivity contribution < 1.29 is 20.8 Å². The summed E-state index contributed by atoms with van der Waals surface area (Å²) in [7, 11) is 9.87. The summed E-state index contributed by atoms with van der Waals surface area (Å²) >= 11 is 4.50. The van der Waals surface area contributed by atoms with E-state index in [1.165, 1.54) is 41.4 Å². The van der Waals surface area contributed by atoms with Gasteiger partial charge in [0.15, 0.2) is 0 Å². The van der Waals surface area contributed by atoms with Gasteiger partial charge in [-0.2, -0.15) is 24.3 Å². The summed E-state index contributed by atoms with van der Waals surface area (Å²) in [5.74, 6) is 0.468. The third kappa shape index (κ3) is 5.34. The Morgan fingerprint density at radius 3 is 2.17 bits per heavy atom. The maximum absolute atomic E-state index is 4.93. The van der Waals surface area contributed by atoms with Crippen molar-refractivity contribution in [3.8, 4) is 0 Å². The van der Waals surface area contributed by atoms with Crippen LogP contribution in [0.4, 0.5) is 0 Å². The molecule has 1 heterocycles. The molecule has 4 aromatic carbocycles. The summed E-state index contributed by atoms with van der Waals surface area (Å²) in [5, 5.41) is 5.39. The number of halogens is 3. The number of hydrogen-bond donors (Lipinski definition) is 0. The molecule has 1 aliphatic heterocycles. The van der Waals surface area contributed by atoms with E-state index in [9.17, 15) is 0 Å². The average Bonchev–Trinajstić information content (AvgIpc) is 3.39. The van der Waals surface area contributed by atoms with Gasteiger partial charge in [0.2, 0.25) is 0 Å². The molecule has 0 aromatic heterocycles. The molecular formula is C24H16BrCl2S2Zr-3. The van der Waals surface area contributed by atoms with Gasteiger partial charge in [0.25, 0.3) is 0 Å². The molecule has 0 spiro atoms. The zero-order chi connectivity index (χ0) is 20.2. The molecule has 1 unspecified atom stereocenters. The minimum Gasteiger partial charge on any atom is -0.813 e. The van der Waals surface area contributed by atoms with Crippen LogP contribution >= 0.6 is 44.7 Å². The van der Waals surface area contributed by atoms with Gasteiger partial charge in [0, 0.05) is 5.92 Å². The summed E-state index contributed by atoms with van der Waals surface area (Å²) in [6.07, 6.45) is 4.50. The quantitative estimate of drug-likeness (QED) is 0.111. The molecule has 0 N–H and O–H groups in total. The fourth-order valence-corrected chi connectivity index (χ4v) is 5.44. The summed E-state index contributed by atoms with van der Waals surface area (Å²) in [6, 6.07) is 28.8. The summed E-state index contributed by atoms with van der Waals surface area (Å²) in [5.41, 5.74) is 2.64. The van der Waals surface area contributed by atoms with E-state index in [0.29, 0.717) is 5.92 Å². The van der Waals surface area contributed by atoms with E-state index in [2.05, 4.69) is 94.8 Å². The number of rotatable bonds is 0. The van der Waals surface area contributed by atoms with Crippen molar-refractivity contribution in [1.82, 2.24) is 0 Å². The van der Waals surface area contributed by atoms with Crippen LogP contribution in [0.5, 0.6) is 0 Å². The first kappa shape index (κ1) is 24.3. The average molecular weight is 611 g/mol. The van der Waals surface area contributed by atoms with Gasteiger partial charge in [-0.25, -0.2) is 0 Å². The van der Waals surface area contributed by atoms with Crippen LogP contribution < -0.4 is 0 Å². The molecule has 0 saturated carbocycles. The van der Waals surface area contributed by atoms with Crippen LogP contribution in [0, 0.1) is 6.07 Å². The van der Waals surface area contributed by atoms with Gasteiger partial charge < -0.3 is 13.5 Å². The predicted octanol–water partition coefficient (Wildman–Crippen LogP) is 8.73.